The van der Waals surface area contributed by atoms with E-state index >= 15 is 0 Å². The minimum absolute atomic E-state index is 0.0504. The molecule has 0 unspecified atom stereocenters. The van der Waals surface area contributed by atoms with E-state index in [2.05, 4.69) is 5.32 Å². The van der Waals surface area contributed by atoms with E-state index < -0.39 is 5.82 Å². The van der Waals surface area contributed by atoms with Crippen molar-refractivity contribution in [1.82, 2.24) is 5.32 Å². The molecule has 0 heterocycles. The Hall–Kier alpha value is -0.930. The Morgan fingerprint density at radius 3 is 2.83 bits per heavy atom. The quantitative estimate of drug-likeness (QED) is 0.890. The van der Waals surface area contributed by atoms with Crippen LogP contribution in [0.2, 0.25) is 5.02 Å². The fourth-order valence-electron chi connectivity index (χ4n) is 2.35. The van der Waals surface area contributed by atoms with E-state index in [0.717, 1.165) is 12.8 Å². The Morgan fingerprint density at radius 2 is 2.11 bits per heavy atom. The molecule has 2 nitrogen and oxygen atoms in total. The van der Waals surface area contributed by atoms with Crippen LogP contribution in [-0.4, -0.2) is 18.4 Å². The van der Waals surface area contributed by atoms with Gasteiger partial charge in [0, 0.05) is 12.5 Å². The maximum absolute atomic E-state index is 13.2. The second-order valence-corrected chi connectivity index (χ2v) is 5.17. The van der Waals surface area contributed by atoms with Crippen molar-refractivity contribution in [3.63, 3.8) is 0 Å². The van der Waals surface area contributed by atoms with Crippen molar-refractivity contribution in [2.75, 3.05) is 6.54 Å². The van der Waals surface area contributed by atoms with Gasteiger partial charge in [0.05, 0.1) is 11.6 Å². The van der Waals surface area contributed by atoms with Crippen molar-refractivity contribution >= 4 is 17.4 Å². The lowest BCUT2D eigenvalue weighted by Crippen LogP contribution is -2.32. The smallest absolute Gasteiger partial charge is 0.151 e. The second-order valence-electron chi connectivity index (χ2n) is 4.79. The van der Waals surface area contributed by atoms with Crippen molar-refractivity contribution < 1.29 is 9.18 Å². The number of hydrogen-bond acceptors (Lipinski definition) is 2. The highest BCUT2D eigenvalue weighted by molar-refractivity contribution is 6.31. The van der Waals surface area contributed by atoms with Gasteiger partial charge in [-0.25, -0.2) is 4.39 Å². The normalized spacial score (nSPS) is 16.1. The van der Waals surface area contributed by atoms with Gasteiger partial charge in [-0.3, -0.25) is 4.79 Å². The first-order valence-corrected chi connectivity index (χ1v) is 6.72. The highest BCUT2D eigenvalue weighted by atomic mass is 35.5. The van der Waals surface area contributed by atoms with Gasteiger partial charge in [-0.1, -0.05) is 36.6 Å². The summed E-state index contributed by atoms with van der Waals surface area (Å²) in [5, 5.41) is 3.31. The molecule has 1 saturated carbocycles. The third-order valence-electron chi connectivity index (χ3n) is 3.36. The minimum atomic E-state index is -0.467. The molecule has 18 heavy (non-hydrogen) atoms. The molecule has 0 bridgehead atoms. The van der Waals surface area contributed by atoms with Crippen LogP contribution in [0.3, 0.4) is 0 Å². The Morgan fingerprint density at radius 1 is 1.39 bits per heavy atom. The monoisotopic (exact) mass is 269 g/mol. The number of hydrogen-bond donors (Lipinski definition) is 1. The van der Waals surface area contributed by atoms with E-state index in [0.29, 0.717) is 18.2 Å². The lowest BCUT2D eigenvalue weighted by molar-refractivity contribution is -0.117. The maximum Gasteiger partial charge on any atom is 0.151 e. The van der Waals surface area contributed by atoms with E-state index in [-0.39, 0.29) is 17.2 Å². The fourth-order valence-corrected chi connectivity index (χ4v) is 2.54. The van der Waals surface area contributed by atoms with Crippen LogP contribution in [0, 0.1) is 5.82 Å². The lowest BCUT2D eigenvalue weighted by atomic mass is 10.1. The third kappa shape index (κ3) is 3.53. The van der Waals surface area contributed by atoms with E-state index in [1.54, 1.807) is 12.1 Å². The highest BCUT2D eigenvalue weighted by Gasteiger charge is 2.16. The zero-order valence-corrected chi connectivity index (χ0v) is 11.0. The van der Waals surface area contributed by atoms with Gasteiger partial charge in [0.1, 0.15) is 5.82 Å². The Bertz CT molecular complexity index is 430. The van der Waals surface area contributed by atoms with Crippen molar-refractivity contribution in [3.05, 3.63) is 34.6 Å². The van der Waals surface area contributed by atoms with Crippen LogP contribution in [0.25, 0.3) is 0 Å². The molecule has 4 heteroatoms. The molecule has 1 aromatic rings. The number of nitrogens with one attached hydrogen (secondary N) is 1. The van der Waals surface area contributed by atoms with Crippen LogP contribution >= 0.6 is 11.6 Å². The molecular weight excluding hydrogens is 253 g/mol. The van der Waals surface area contributed by atoms with Gasteiger partial charge in [-0.05, 0) is 24.5 Å². The van der Waals surface area contributed by atoms with E-state index in [1.165, 1.54) is 18.9 Å². The average molecular weight is 270 g/mol. The SMILES string of the molecule is O=C(CNC1CCCC1)Cc1cccc(F)c1Cl. The third-order valence-corrected chi connectivity index (χ3v) is 3.79. The number of carbonyl (C=O) groups is 1. The molecule has 0 atom stereocenters. The molecule has 0 amide bonds. The summed E-state index contributed by atoms with van der Waals surface area (Å²) < 4.78 is 13.2. The summed E-state index contributed by atoms with van der Waals surface area (Å²) in [6.07, 6.45) is 4.96. The molecule has 0 radical (unpaired) electrons. The van der Waals surface area contributed by atoms with Crippen LogP contribution in [0.1, 0.15) is 31.2 Å². The van der Waals surface area contributed by atoms with Crippen molar-refractivity contribution in [3.8, 4) is 0 Å². The largest absolute Gasteiger partial charge is 0.307 e. The van der Waals surface area contributed by atoms with Crippen LogP contribution in [0.5, 0.6) is 0 Å². The first kappa shape index (κ1) is 13.5. The molecule has 1 fully saturated rings. The van der Waals surface area contributed by atoms with Crippen molar-refractivity contribution in [1.29, 1.82) is 0 Å². The second kappa shape index (κ2) is 6.30. The Balaban J connectivity index is 1.84. The molecule has 1 aliphatic rings. The molecule has 2 rings (SSSR count). The summed E-state index contributed by atoms with van der Waals surface area (Å²) >= 11 is 5.82. The van der Waals surface area contributed by atoms with Crippen molar-refractivity contribution in [2.24, 2.45) is 0 Å². The van der Waals surface area contributed by atoms with Crippen molar-refractivity contribution in [2.45, 2.75) is 38.1 Å². The van der Waals surface area contributed by atoms with Gasteiger partial charge in [0.25, 0.3) is 0 Å². The van der Waals surface area contributed by atoms with E-state index in [1.807, 2.05) is 0 Å². The summed E-state index contributed by atoms with van der Waals surface area (Å²) in [5.41, 5.74) is 0.565. The maximum atomic E-state index is 13.2. The van der Waals surface area contributed by atoms with Gasteiger partial charge >= 0.3 is 0 Å². The predicted molar refractivity (Wildman–Crippen MR) is 70.4 cm³/mol. The molecule has 1 N–H and O–H groups in total. The van der Waals surface area contributed by atoms with Crippen LogP contribution in [-0.2, 0) is 11.2 Å². The van der Waals surface area contributed by atoms with E-state index in [4.69, 9.17) is 11.6 Å². The van der Waals surface area contributed by atoms with Crippen LogP contribution in [0.15, 0.2) is 18.2 Å². The first-order valence-electron chi connectivity index (χ1n) is 6.35. The van der Waals surface area contributed by atoms with Gasteiger partial charge in [0.15, 0.2) is 5.78 Å². The van der Waals surface area contributed by atoms with Gasteiger partial charge in [-0.15, -0.1) is 0 Å². The molecule has 0 spiro atoms. The molecular formula is C14H17ClFNO. The fraction of sp³-hybridized carbons (Fsp3) is 0.500. The Labute approximate surface area is 112 Å². The summed E-state index contributed by atoms with van der Waals surface area (Å²) in [5.74, 6) is -0.417. The van der Waals surface area contributed by atoms with Gasteiger partial charge < -0.3 is 5.32 Å². The molecule has 0 saturated heterocycles. The van der Waals surface area contributed by atoms with Gasteiger partial charge in [0.2, 0.25) is 0 Å². The minimum Gasteiger partial charge on any atom is -0.307 e. The summed E-state index contributed by atoms with van der Waals surface area (Å²) in [6, 6.07) is 5.04. The lowest BCUT2D eigenvalue weighted by Gasteiger charge is -2.11. The van der Waals surface area contributed by atoms with Crippen LogP contribution < -0.4 is 5.32 Å². The Kier molecular flexibility index (Phi) is 4.72. The highest BCUT2D eigenvalue weighted by Crippen LogP contribution is 2.20. The number of Topliss-reactive ketones (excluding diaryl/α,β-unsaturated/α-hetero) is 1. The van der Waals surface area contributed by atoms with E-state index in [9.17, 15) is 9.18 Å². The van der Waals surface area contributed by atoms with Gasteiger partial charge in [-0.2, -0.15) is 0 Å². The zero-order chi connectivity index (χ0) is 13.0. The number of benzene rings is 1. The first-order chi connectivity index (χ1) is 8.66. The topological polar surface area (TPSA) is 29.1 Å². The molecule has 1 aliphatic carbocycles. The molecule has 98 valence electrons. The predicted octanol–water partition coefficient (Wildman–Crippen LogP) is 3.12. The number of halogens is 2. The standard InChI is InChI=1S/C14H17ClFNO/c15-14-10(4-3-7-13(14)16)8-12(18)9-17-11-5-1-2-6-11/h3-4,7,11,17H,1-2,5-6,8-9H2. The van der Waals surface area contributed by atoms with Crippen LogP contribution in [0.4, 0.5) is 4.39 Å². The number of carbonyl (C=O) groups excluding carboxylic acids is 1. The summed E-state index contributed by atoms with van der Waals surface area (Å²) in [7, 11) is 0. The molecule has 0 aromatic heterocycles. The summed E-state index contributed by atoms with van der Waals surface area (Å²) in [4.78, 5) is 11.8. The molecule has 1 aromatic carbocycles. The number of ketones is 1. The average Bonchev–Trinajstić information content (AvgIpc) is 2.86. The number of rotatable bonds is 5. The zero-order valence-electron chi connectivity index (χ0n) is 10.2. The molecule has 0 aliphatic heterocycles. The summed E-state index contributed by atoms with van der Waals surface area (Å²) in [6.45, 7) is 0.345.